The Kier molecular flexibility index (Phi) is 9.71. The van der Waals surface area contributed by atoms with Crippen molar-refractivity contribution in [2.24, 2.45) is 10.9 Å². The quantitative estimate of drug-likeness (QED) is 0.357. The molecule has 0 radical (unpaired) electrons. The van der Waals surface area contributed by atoms with Gasteiger partial charge in [0.15, 0.2) is 0 Å². The maximum atomic E-state index is 4.70. The summed E-state index contributed by atoms with van der Waals surface area (Å²) in [7, 11) is 0. The first kappa shape index (κ1) is 20.1. The van der Waals surface area contributed by atoms with Crippen molar-refractivity contribution in [3.63, 3.8) is 0 Å². The van der Waals surface area contributed by atoms with E-state index in [0.29, 0.717) is 12.5 Å². The number of hydrogen-bond donors (Lipinski definition) is 1. The Morgan fingerprint density at radius 1 is 1.25 bits per heavy atom. The van der Waals surface area contributed by atoms with Crippen LogP contribution in [0.2, 0.25) is 0 Å². The summed E-state index contributed by atoms with van der Waals surface area (Å²) in [6.07, 6.45) is 7.55. The molecule has 0 saturated heterocycles. The third kappa shape index (κ3) is 7.56. The number of aliphatic imine (C=N–C) groups is 1. The summed E-state index contributed by atoms with van der Waals surface area (Å²) in [5.41, 5.74) is 4.61. The summed E-state index contributed by atoms with van der Waals surface area (Å²) in [5, 5.41) is 3.44. The summed E-state index contributed by atoms with van der Waals surface area (Å²) in [4.78, 5) is 4.70. The molecule has 1 rings (SSSR count). The zero-order valence-corrected chi connectivity index (χ0v) is 15.7. The number of nitrogens with one attached hydrogen (secondary N) is 1. The Morgan fingerprint density at radius 3 is 2.58 bits per heavy atom. The molecule has 1 aromatic rings. The molecule has 0 aromatic heterocycles. The van der Waals surface area contributed by atoms with Gasteiger partial charge in [0.25, 0.3) is 0 Å². The molecule has 2 nitrogen and oxygen atoms in total. The highest BCUT2D eigenvalue weighted by Crippen LogP contribution is 2.11. The maximum Gasteiger partial charge on any atom is 0.0639 e. The predicted octanol–water partition coefficient (Wildman–Crippen LogP) is 5.19. The summed E-state index contributed by atoms with van der Waals surface area (Å²) < 4.78 is 0. The molecule has 0 aliphatic carbocycles. The van der Waals surface area contributed by atoms with Crippen LogP contribution in [-0.2, 0) is 0 Å². The molecule has 1 N–H and O–H groups in total. The molecule has 1 atom stereocenters. The largest absolute Gasteiger partial charge is 0.316 e. The SMILES string of the molecule is C=C(/C=C\C(=C/C)CN=C(C)c1ccccc1)C(C)CNCCC. The average molecular weight is 325 g/mol. The van der Waals surface area contributed by atoms with Gasteiger partial charge in [-0.05, 0) is 43.9 Å². The lowest BCUT2D eigenvalue weighted by atomic mass is 10.0. The number of allylic oxidation sites excluding steroid dienone is 2. The smallest absolute Gasteiger partial charge is 0.0639 e. The van der Waals surface area contributed by atoms with Crippen molar-refractivity contribution in [1.29, 1.82) is 0 Å². The highest BCUT2D eigenvalue weighted by molar-refractivity contribution is 5.98. The topological polar surface area (TPSA) is 24.4 Å². The first-order chi connectivity index (χ1) is 11.6. The lowest BCUT2D eigenvalue weighted by Crippen LogP contribution is -2.22. The summed E-state index contributed by atoms with van der Waals surface area (Å²) >= 11 is 0. The van der Waals surface area contributed by atoms with Crippen molar-refractivity contribution in [3.8, 4) is 0 Å². The van der Waals surface area contributed by atoms with E-state index in [1.165, 1.54) is 11.1 Å². The van der Waals surface area contributed by atoms with Gasteiger partial charge in [-0.3, -0.25) is 4.99 Å². The molecule has 1 unspecified atom stereocenters. The molecule has 130 valence electrons. The van der Waals surface area contributed by atoms with Gasteiger partial charge < -0.3 is 5.32 Å². The van der Waals surface area contributed by atoms with Gasteiger partial charge in [0.2, 0.25) is 0 Å². The van der Waals surface area contributed by atoms with Crippen LogP contribution in [0.15, 0.2) is 71.3 Å². The average Bonchev–Trinajstić information content (AvgIpc) is 2.62. The summed E-state index contributed by atoms with van der Waals surface area (Å²) in [6, 6.07) is 10.3. The molecular formula is C22H32N2. The van der Waals surface area contributed by atoms with Crippen LogP contribution in [0.3, 0.4) is 0 Å². The lowest BCUT2D eigenvalue weighted by Gasteiger charge is -2.12. The summed E-state index contributed by atoms with van der Waals surface area (Å²) in [6.45, 7) is 15.4. The Morgan fingerprint density at radius 2 is 1.96 bits per heavy atom. The molecule has 24 heavy (non-hydrogen) atoms. The van der Waals surface area contributed by atoms with Crippen LogP contribution in [-0.4, -0.2) is 25.3 Å². The molecule has 0 saturated carbocycles. The zero-order valence-electron chi connectivity index (χ0n) is 15.7. The van der Waals surface area contributed by atoms with Crippen LogP contribution in [0.25, 0.3) is 0 Å². The van der Waals surface area contributed by atoms with Crippen molar-refractivity contribution in [2.45, 2.75) is 34.1 Å². The fraction of sp³-hybridized carbons (Fsp3) is 0.409. The van der Waals surface area contributed by atoms with Crippen LogP contribution in [0.1, 0.15) is 39.7 Å². The molecule has 0 aliphatic rings. The van der Waals surface area contributed by atoms with E-state index in [9.17, 15) is 0 Å². The second-order valence-electron chi connectivity index (χ2n) is 6.14. The van der Waals surface area contributed by atoms with Crippen LogP contribution in [0, 0.1) is 5.92 Å². The van der Waals surface area contributed by atoms with Gasteiger partial charge in [-0.15, -0.1) is 0 Å². The van der Waals surface area contributed by atoms with E-state index in [-0.39, 0.29) is 0 Å². The Bertz CT molecular complexity index is 579. The minimum atomic E-state index is 0.445. The first-order valence-corrected chi connectivity index (χ1v) is 8.87. The summed E-state index contributed by atoms with van der Waals surface area (Å²) in [5.74, 6) is 0.445. The Balaban J connectivity index is 2.56. The minimum absolute atomic E-state index is 0.445. The number of nitrogens with zero attached hydrogens (tertiary/aromatic N) is 1. The van der Waals surface area contributed by atoms with Crippen LogP contribution in [0.4, 0.5) is 0 Å². The van der Waals surface area contributed by atoms with Gasteiger partial charge in [-0.1, -0.05) is 74.6 Å². The van der Waals surface area contributed by atoms with Crippen molar-refractivity contribution >= 4 is 5.71 Å². The highest BCUT2D eigenvalue weighted by atomic mass is 14.8. The van der Waals surface area contributed by atoms with E-state index < -0.39 is 0 Å². The van der Waals surface area contributed by atoms with E-state index in [4.69, 9.17) is 4.99 Å². The molecule has 2 heteroatoms. The van der Waals surface area contributed by atoms with Crippen LogP contribution in [0.5, 0.6) is 0 Å². The fourth-order valence-corrected chi connectivity index (χ4v) is 2.23. The Labute approximate surface area is 148 Å². The standard InChI is InChI=1S/C22H32N2/c1-6-15-23-16-19(4)18(3)13-14-21(7-2)17-24-20(5)22-11-9-8-10-12-22/h7-14,19,23H,3,6,15-17H2,1-2,4-5H3/b14-13-,21-7+,24-20?. The number of rotatable bonds is 10. The van der Waals surface area contributed by atoms with Gasteiger partial charge in [-0.2, -0.15) is 0 Å². The van der Waals surface area contributed by atoms with Gasteiger partial charge in [-0.25, -0.2) is 0 Å². The predicted molar refractivity (Wildman–Crippen MR) is 108 cm³/mol. The van der Waals surface area contributed by atoms with E-state index in [2.05, 4.69) is 70.0 Å². The van der Waals surface area contributed by atoms with Gasteiger partial charge in [0.05, 0.1) is 6.54 Å². The molecule has 1 aromatic carbocycles. The second kappa shape index (κ2) is 11.6. The second-order valence-corrected chi connectivity index (χ2v) is 6.14. The van der Waals surface area contributed by atoms with Crippen molar-refractivity contribution < 1.29 is 0 Å². The molecule has 0 amide bonds. The Hall–Kier alpha value is -1.93. The van der Waals surface area contributed by atoms with Gasteiger partial charge in [0.1, 0.15) is 0 Å². The van der Waals surface area contributed by atoms with E-state index in [1.807, 2.05) is 18.2 Å². The number of hydrogen-bond acceptors (Lipinski definition) is 2. The van der Waals surface area contributed by atoms with E-state index in [1.54, 1.807) is 0 Å². The molecule has 0 aliphatic heterocycles. The highest BCUT2D eigenvalue weighted by Gasteiger charge is 2.03. The van der Waals surface area contributed by atoms with Gasteiger partial charge >= 0.3 is 0 Å². The lowest BCUT2D eigenvalue weighted by molar-refractivity contribution is 0.577. The van der Waals surface area contributed by atoms with Crippen molar-refractivity contribution in [2.75, 3.05) is 19.6 Å². The fourth-order valence-electron chi connectivity index (χ4n) is 2.23. The zero-order chi connectivity index (χ0) is 17.8. The third-order valence-electron chi connectivity index (χ3n) is 4.08. The van der Waals surface area contributed by atoms with Crippen molar-refractivity contribution in [1.82, 2.24) is 5.32 Å². The molecule has 0 bridgehead atoms. The van der Waals surface area contributed by atoms with Crippen molar-refractivity contribution in [3.05, 3.63) is 71.8 Å². The van der Waals surface area contributed by atoms with Crippen LogP contribution >= 0.6 is 0 Å². The first-order valence-electron chi connectivity index (χ1n) is 8.87. The monoisotopic (exact) mass is 324 g/mol. The molecule has 0 spiro atoms. The van der Waals surface area contributed by atoms with Gasteiger partial charge in [0, 0.05) is 12.3 Å². The molecular weight excluding hydrogens is 292 g/mol. The third-order valence-corrected chi connectivity index (χ3v) is 4.08. The number of benzene rings is 1. The normalized spacial score (nSPS) is 14.2. The maximum absolute atomic E-state index is 4.70. The molecule has 0 heterocycles. The van der Waals surface area contributed by atoms with E-state index in [0.717, 1.165) is 30.8 Å². The minimum Gasteiger partial charge on any atom is -0.316 e. The van der Waals surface area contributed by atoms with E-state index >= 15 is 0 Å². The molecule has 0 fully saturated rings. The van der Waals surface area contributed by atoms with Crippen LogP contribution < -0.4 is 5.32 Å².